The molecule has 1 aliphatic rings. The number of fused-ring (bicyclic) bond motifs is 1. The summed E-state index contributed by atoms with van der Waals surface area (Å²) >= 11 is 0. The molecule has 0 saturated carbocycles. The molecule has 152 valence electrons. The Bertz CT molecular complexity index is 895. The first kappa shape index (κ1) is 20.2. The summed E-state index contributed by atoms with van der Waals surface area (Å²) in [6.07, 6.45) is 0. The maximum atomic E-state index is 12.1. The van der Waals surface area contributed by atoms with E-state index in [4.69, 9.17) is 9.47 Å². The Morgan fingerprint density at radius 2 is 1.76 bits per heavy atom. The van der Waals surface area contributed by atoms with E-state index in [2.05, 4.69) is 24.7 Å². The van der Waals surface area contributed by atoms with Crippen molar-refractivity contribution in [3.8, 4) is 11.5 Å². The van der Waals surface area contributed by atoms with E-state index >= 15 is 0 Å². The Kier molecular flexibility index (Phi) is 6.33. The number of hydrazine groups is 1. The number of hydrogen-bond acceptors (Lipinski definition) is 5. The summed E-state index contributed by atoms with van der Waals surface area (Å²) in [6, 6.07) is 14.4. The predicted octanol–water partition coefficient (Wildman–Crippen LogP) is 1.76. The van der Waals surface area contributed by atoms with Gasteiger partial charge in [-0.2, -0.15) is 0 Å². The van der Waals surface area contributed by atoms with E-state index < -0.39 is 11.8 Å². The Morgan fingerprint density at radius 1 is 1.07 bits per heavy atom. The molecule has 0 fully saturated rings. The van der Waals surface area contributed by atoms with E-state index in [-0.39, 0.29) is 25.7 Å². The second-order valence-electron chi connectivity index (χ2n) is 6.85. The van der Waals surface area contributed by atoms with Crippen LogP contribution in [0.2, 0.25) is 0 Å². The number of anilines is 1. The number of nitrogens with one attached hydrogen (secondary N) is 2. The lowest BCUT2D eigenvalue weighted by Gasteiger charge is -2.28. The van der Waals surface area contributed by atoms with E-state index in [1.165, 1.54) is 10.5 Å². The summed E-state index contributed by atoms with van der Waals surface area (Å²) in [7, 11) is 0. The number of carbonyl (C=O) groups excluding carboxylic acids is 3. The van der Waals surface area contributed by atoms with Gasteiger partial charge >= 0.3 is 0 Å². The second kappa shape index (κ2) is 9.09. The molecule has 8 heteroatoms. The van der Waals surface area contributed by atoms with Crippen molar-refractivity contribution in [3.05, 3.63) is 54.1 Å². The molecule has 0 bridgehead atoms. The zero-order valence-electron chi connectivity index (χ0n) is 16.3. The van der Waals surface area contributed by atoms with Crippen LogP contribution in [0.15, 0.2) is 48.5 Å². The zero-order valence-corrected chi connectivity index (χ0v) is 16.3. The van der Waals surface area contributed by atoms with Gasteiger partial charge in [0, 0.05) is 0 Å². The molecule has 0 radical (unpaired) electrons. The molecule has 0 aromatic heterocycles. The standard InChI is InChI=1S/C21H23N3O5/c1-14(2)15-7-9-16(10-8-15)28-12-20(26)23-22-19(25)11-24-17-5-3-4-6-18(17)29-13-21(24)27/h3-10,14H,11-13H2,1-2H3,(H,22,25)(H,23,26). The molecule has 8 nitrogen and oxygen atoms in total. The molecular weight excluding hydrogens is 374 g/mol. The summed E-state index contributed by atoms with van der Waals surface area (Å²) in [5, 5.41) is 0. The molecule has 2 aromatic rings. The minimum atomic E-state index is -0.537. The molecule has 0 atom stereocenters. The normalized spacial score (nSPS) is 12.8. The summed E-state index contributed by atoms with van der Waals surface area (Å²) in [5.74, 6) is 0.114. The number of para-hydroxylation sites is 2. The Labute approximate surface area is 168 Å². The molecule has 0 aliphatic carbocycles. The molecule has 3 rings (SSSR count). The van der Waals surface area contributed by atoms with Crippen molar-refractivity contribution < 1.29 is 23.9 Å². The topological polar surface area (TPSA) is 97.0 Å². The van der Waals surface area contributed by atoms with Crippen molar-refractivity contribution in [1.29, 1.82) is 0 Å². The lowest BCUT2D eigenvalue weighted by Crippen LogP contribution is -2.50. The fourth-order valence-electron chi connectivity index (χ4n) is 2.78. The number of ether oxygens (including phenoxy) is 2. The first-order valence-electron chi connectivity index (χ1n) is 9.26. The zero-order chi connectivity index (χ0) is 20.8. The Morgan fingerprint density at radius 3 is 2.48 bits per heavy atom. The van der Waals surface area contributed by atoms with Crippen LogP contribution in [0.4, 0.5) is 5.69 Å². The summed E-state index contributed by atoms with van der Waals surface area (Å²) in [5.41, 5.74) is 6.25. The van der Waals surface area contributed by atoms with Gasteiger partial charge in [0.2, 0.25) is 0 Å². The van der Waals surface area contributed by atoms with E-state index in [1.807, 2.05) is 12.1 Å². The number of nitrogens with zero attached hydrogens (tertiary/aromatic N) is 1. The third-order valence-electron chi connectivity index (χ3n) is 4.37. The van der Waals surface area contributed by atoms with Crippen LogP contribution in [0, 0.1) is 0 Å². The van der Waals surface area contributed by atoms with Gasteiger partial charge in [0.15, 0.2) is 13.2 Å². The van der Waals surface area contributed by atoms with Gasteiger partial charge in [-0.1, -0.05) is 38.1 Å². The maximum absolute atomic E-state index is 12.1. The molecular formula is C21H23N3O5. The molecule has 2 N–H and O–H groups in total. The number of hydrogen-bond donors (Lipinski definition) is 2. The fraction of sp³-hybridized carbons (Fsp3) is 0.286. The molecule has 3 amide bonds. The number of benzene rings is 2. The van der Waals surface area contributed by atoms with Crippen molar-refractivity contribution >= 4 is 23.4 Å². The summed E-state index contributed by atoms with van der Waals surface area (Å²) < 4.78 is 10.7. The van der Waals surface area contributed by atoms with Crippen molar-refractivity contribution in [2.24, 2.45) is 0 Å². The van der Waals surface area contributed by atoms with Crippen molar-refractivity contribution in [1.82, 2.24) is 10.9 Å². The van der Waals surface area contributed by atoms with Gasteiger partial charge in [-0.3, -0.25) is 30.1 Å². The average Bonchev–Trinajstić information content (AvgIpc) is 2.73. The number of rotatable bonds is 6. The van der Waals surface area contributed by atoms with Gasteiger partial charge in [0.1, 0.15) is 18.0 Å². The minimum Gasteiger partial charge on any atom is -0.484 e. The van der Waals surface area contributed by atoms with Gasteiger partial charge in [0.25, 0.3) is 17.7 Å². The monoisotopic (exact) mass is 397 g/mol. The fourth-order valence-corrected chi connectivity index (χ4v) is 2.78. The molecule has 2 aromatic carbocycles. The maximum Gasteiger partial charge on any atom is 0.276 e. The smallest absolute Gasteiger partial charge is 0.276 e. The quantitative estimate of drug-likeness (QED) is 0.724. The highest BCUT2D eigenvalue weighted by molar-refractivity contribution is 6.02. The second-order valence-corrected chi connectivity index (χ2v) is 6.85. The highest BCUT2D eigenvalue weighted by Gasteiger charge is 2.27. The first-order valence-corrected chi connectivity index (χ1v) is 9.26. The lowest BCUT2D eigenvalue weighted by molar-refractivity contribution is -0.130. The van der Waals surface area contributed by atoms with Crippen LogP contribution >= 0.6 is 0 Å². The van der Waals surface area contributed by atoms with Crippen molar-refractivity contribution in [2.45, 2.75) is 19.8 Å². The molecule has 1 aliphatic heterocycles. The van der Waals surface area contributed by atoms with E-state index in [0.29, 0.717) is 23.1 Å². The third-order valence-corrected chi connectivity index (χ3v) is 4.37. The molecule has 0 unspecified atom stereocenters. The largest absolute Gasteiger partial charge is 0.484 e. The van der Waals surface area contributed by atoms with E-state index in [9.17, 15) is 14.4 Å². The minimum absolute atomic E-state index is 0.139. The van der Waals surface area contributed by atoms with E-state index in [0.717, 1.165) is 0 Å². The highest BCUT2D eigenvalue weighted by Crippen LogP contribution is 2.31. The Hall–Kier alpha value is -3.55. The molecule has 29 heavy (non-hydrogen) atoms. The predicted molar refractivity (Wildman–Crippen MR) is 107 cm³/mol. The van der Waals surface area contributed by atoms with Crippen LogP contribution in [0.3, 0.4) is 0 Å². The number of carbonyl (C=O) groups is 3. The summed E-state index contributed by atoms with van der Waals surface area (Å²) in [4.78, 5) is 37.4. The van der Waals surface area contributed by atoms with Gasteiger partial charge in [-0.25, -0.2) is 0 Å². The van der Waals surface area contributed by atoms with Gasteiger partial charge < -0.3 is 9.47 Å². The van der Waals surface area contributed by atoms with Crippen LogP contribution in [-0.4, -0.2) is 37.5 Å². The third kappa shape index (κ3) is 5.25. The Balaban J connectivity index is 1.46. The molecule has 1 heterocycles. The van der Waals surface area contributed by atoms with Gasteiger partial charge in [0.05, 0.1) is 5.69 Å². The van der Waals surface area contributed by atoms with Crippen molar-refractivity contribution in [3.63, 3.8) is 0 Å². The first-order chi connectivity index (χ1) is 13.9. The van der Waals surface area contributed by atoms with Crippen LogP contribution in [-0.2, 0) is 14.4 Å². The van der Waals surface area contributed by atoms with Crippen LogP contribution in [0.5, 0.6) is 11.5 Å². The average molecular weight is 397 g/mol. The van der Waals surface area contributed by atoms with Crippen LogP contribution in [0.25, 0.3) is 0 Å². The molecule has 0 saturated heterocycles. The van der Waals surface area contributed by atoms with Gasteiger partial charge in [-0.05, 0) is 35.7 Å². The lowest BCUT2D eigenvalue weighted by atomic mass is 10.0. The van der Waals surface area contributed by atoms with E-state index in [1.54, 1.807) is 36.4 Å². The van der Waals surface area contributed by atoms with Crippen molar-refractivity contribution in [2.75, 3.05) is 24.7 Å². The number of amides is 3. The van der Waals surface area contributed by atoms with Crippen LogP contribution < -0.4 is 25.2 Å². The van der Waals surface area contributed by atoms with Gasteiger partial charge in [-0.15, -0.1) is 0 Å². The highest BCUT2D eigenvalue weighted by atomic mass is 16.5. The molecule has 0 spiro atoms. The summed E-state index contributed by atoms with van der Waals surface area (Å²) in [6.45, 7) is 3.56. The SMILES string of the molecule is CC(C)c1ccc(OCC(=O)NNC(=O)CN2C(=O)COc3ccccc32)cc1. The van der Waals surface area contributed by atoms with Crippen LogP contribution in [0.1, 0.15) is 25.3 Å².